The fourth-order valence-electron chi connectivity index (χ4n) is 3.45. The first-order valence-corrected chi connectivity index (χ1v) is 7.94. The van der Waals surface area contributed by atoms with Crippen molar-refractivity contribution >= 4 is 0 Å². The molecule has 0 aliphatic carbocycles. The van der Waals surface area contributed by atoms with E-state index in [0.717, 1.165) is 6.04 Å². The quantitative estimate of drug-likeness (QED) is 0.896. The first kappa shape index (κ1) is 13.1. The molecule has 1 fully saturated rings. The zero-order valence-electron chi connectivity index (χ0n) is 11.9. The monoisotopic (exact) mass is 258 g/mol. The summed E-state index contributed by atoms with van der Waals surface area (Å²) in [4.78, 5) is 2.66. The number of fused-ring (bicyclic) bond motifs is 1. The number of piperidine rings is 1. The van der Waals surface area contributed by atoms with Crippen LogP contribution in [0.2, 0.25) is 0 Å². The molecule has 0 amide bonds. The van der Waals surface area contributed by atoms with Crippen LogP contribution in [0.1, 0.15) is 36.8 Å². The van der Waals surface area contributed by atoms with E-state index in [2.05, 4.69) is 34.5 Å². The van der Waals surface area contributed by atoms with Crippen LogP contribution >= 0.6 is 0 Å². The minimum absolute atomic E-state index is 0.777. The summed E-state index contributed by atoms with van der Waals surface area (Å²) in [6.07, 6.45) is 7.96. The number of nitrogens with zero attached hydrogens (tertiary/aromatic N) is 1. The van der Waals surface area contributed by atoms with Gasteiger partial charge in [-0.15, -0.1) is 0 Å². The Bertz CT molecular complexity index is 369. The Hall–Kier alpha value is -0.860. The van der Waals surface area contributed by atoms with E-state index in [1.807, 2.05) is 0 Å². The first-order valence-electron chi connectivity index (χ1n) is 7.94. The van der Waals surface area contributed by atoms with Gasteiger partial charge >= 0.3 is 0 Å². The predicted molar refractivity (Wildman–Crippen MR) is 80.5 cm³/mol. The van der Waals surface area contributed by atoms with Gasteiger partial charge in [0.25, 0.3) is 0 Å². The van der Waals surface area contributed by atoms with Crippen molar-refractivity contribution in [3.63, 3.8) is 0 Å². The molecule has 0 bridgehead atoms. The minimum atomic E-state index is 0.777. The molecule has 104 valence electrons. The lowest BCUT2D eigenvalue weighted by atomic mass is 10.0. The van der Waals surface area contributed by atoms with Crippen molar-refractivity contribution in [3.05, 3.63) is 35.4 Å². The summed E-state index contributed by atoms with van der Waals surface area (Å²) in [5, 5.41) is 3.66. The Kier molecular flexibility index (Phi) is 4.52. The van der Waals surface area contributed by atoms with Crippen molar-refractivity contribution in [2.24, 2.45) is 0 Å². The molecule has 1 N–H and O–H groups in total. The van der Waals surface area contributed by atoms with Gasteiger partial charge in [0.05, 0.1) is 0 Å². The van der Waals surface area contributed by atoms with E-state index in [9.17, 15) is 0 Å². The Morgan fingerprint density at radius 2 is 1.79 bits per heavy atom. The van der Waals surface area contributed by atoms with Crippen LogP contribution < -0.4 is 5.32 Å². The van der Waals surface area contributed by atoms with Gasteiger partial charge in [0.2, 0.25) is 0 Å². The average molecular weight is 258 g/mol. The summed E-state index contributed by atoms with van der Waals surface area (Å²) in [5.74, 6) is 0. The third-order valence-corrected chi connectivity index (χ3v) is 4.72. The van der Waals surface area contributed by atoms with Crippen LogP contribution in [0.4, 0.5) is 0 Å². The van der Waals surface area contributed by atoms with Crippen molar-refractivity contribution in [2.75, 3.05) is 26.2 Å². The molecule has 2 aliphatic rings. The molecular formula is C17H26N2. The van der Waals surface area contributed by atoms with Gasteiger partial charge in [-0.05, 0) is 56.3 Å². The second-order valence-electron chi connectivity index (χ2n) is 6.05. The summed E-state index contributed by atoms with van der Waals surface area (Å²) >= 11 is 0. The van der Waals surface area contributed by atoms with Gasteiger partial charge in [0.1, 0.15) is 0 Å². The molecule has 0 radical (unpaired) electrons. The van der Waals surface area contributed by atoms with Crippen LogP contribution in [0.3, 0.4) is 0 Å². The standard InChI is InChI=1S/C17H26N2/c1-2-6-16-9-13-19(12-8-15(16)5-1)14-10-17-7-3-4-11-18-17/h1-2,5-6,17-18H,3-4,7-14H2. The summed E-state index contributed by atoms with van der Waals surface area (Å²) in [6, 6.07) is 9.75. The number of benzene rings is 1. The van der Waals surface area contributed by atoms with Gasteiger partial charge in [0.15, 0.2) is 0 Å². The van der Waals surface area contributed by atoms with Gasteiger partial charge in [0, 0.05) is 19.1 Å². The highest BCUT2D eigenvalue weighted by Gasteiger charge is 2.16. The summed E-state index contributed by atoms with van der Waals surface area (Å²) in [7, 11) is 0. The molecule has 1 aromatic rings. The van der Waals surface area contributed by atoms with E-state index in [1.165, 1.54) is 64.7 Å². The van der Waals surface area contributed by atoms with Crippen LogP contribution in [-0.4, -0.2) is 37.1 Å². The molecule has 2 nitrogen and oxygen atoms in total. The molecular weight excluding hydrogens is 232 g/mol. The van der Waals surface area contributed by atoms with Gasteiger partial charge in [-0.3, -0.25) is 0 Å². The topological polar surface area (TPSA) is 15.3 Å². The predicted octanol–water partition coefficient (Wildman–Crippen LogP) is 2.62. The number of nitrogens with one attached hydrogen (secondary N) is 1. The maximum atomic E-state index is 3.66. The first-order chi connectivity index (χ1) is 9.42. The third-order valence-electron chi connectivity index (χ3n) is 4.72. The highest BCUT2D eigenvalue weighted by molar-refractivity contribution is 5.28. The highest BCUT2D eigenvalue weighted by Crippen LogP contribution is 2.17. The Morgan fingerprint density at radius 3 is 2.42 bits per heavy atom. The molecule has 1 unspecified atom stereocenters. The van der Waals surface area contributed by atoms with Crippen molar-refractivity contribution in [3.8, 4) is 0 Å². The fraction of sp³-hybridized carbons (Fsp3) is 0.647. The minimum Gasteiger partial charge on any atom is -0.314 e. The second-order valence-corrected chi connectivity index (χ2v) is 6.05. The second kappa shape index (κ2) is 6.53. The molecule has 2 heteroatoms. The lowest BCUT2D eigenvalue weighted by molar-refractivity contribution is 0.256. The molecule has 1 saturated heterocycles. The lowest BCUT2D eigenvalue weighted by Crippen LogP contribution is -2.38. The fourth-order valence-corrected chi connectivity index (χ4v) is 3.45. The normalized spacial score (nSPS) is 24.7. The SMILES string of the molecule is c1ccc2c(c1)CCN(CCC1CCCCN1)CC2. The van der Waals surface area contributed by atoms with Crippen molar-refractivity contribution in [1.29, 1.82) is 0 Å². The molecule has 19 heavy (non-hydrogen) atoms. The molecule has 1 aromatic carbocycles. The van der Waals surface area contributed by atoms with E-state index >= 15 is 0 Å². The molecule has 0 aromatic heterocycles. The number of hydrogen-bond acceptors (Lipinski definition) is 2. The van der Waals surface area contributed by atoms with E-state index in [0.29, 0.717) is 0 Å². The average Bonchev–Trinajstić information content (AvgIpc) is 2.69. The zero-order valence-corrected chi connectivity index (χ0v) is 11.9. The van der Waals surface area contributed by atoms with Crippen molar-refractivity contribution in [2.45, 2.75) is 44.6 Å². The number of rotatable bonds is 3. The van der Waals surface area contributed by atoms with Gasteiger partial charge < -0.3 is 10.2 Å². The van der Waals surface area contributed by atoms with Gasteiger partial charge in [-0.1, -0.05) is 30.7 Å². The van der Waals surface area contributed by atoms with E-state index in [4.69, 9.17) is 0 Å². The zero-order chi connectivity index (χ0) is 12.9. The molecule has 0 saturated carbocycles. The number of hydrogen-bond donors (Lipinski definition) is 1. The molecule has 3 rings (SSSR count). The molecule has 1 atom stereocenters. The van der Waals surface area contributed by atoms with Crippen molar-refractivity contribution < 1.29 is 0 Å². The molecule has 2 aliphatic heterocycles. The Labute approximate surface area is 117 Å². The summed E-state index contributed by atoms with van der Waals surface area (Å²) in [5.41, 5.74) is 3.14. The van der Waals surface area contributed by atoms with Crippen molar-refractivity contribution in [1.82, 2.24) is 10.2 Å². The van der Waals surface area contributed by atoms with Gasteiger partial charge in [-0.2, -0.15) is 0 Å². The Morgan fingerprint density at radius 1 is 1.05 bits per heavy atom. The van der Waals surface area contributed by atoms with Crippen LogP contribution in [0.5, 0.6) is 0 Å². The van der Waals surface area contributed by atoms with Crippen LogP contribution in [-0.2, 0) is 12.8 Å². The highest BCUT2D eigenvalue weighted by atomic mass is 15.1. The summed E-state index contributed by atoms with van der Waals surface area (Å²) < 4.78 is 0. The third kappa shape index (κ3) is 3.58. The maximum Gasteiger partial charge on any atom is 0.00792 e. The van der Waals surface area contributed by atoms with E-state index in [-0.39, 0.29) is 0 Å². The molecule has 0 spiro atoms. The molecule has 2 heterocycles. The van der Waals surface area contributed by atoms with Crippen LogP contribution in [0.25, 0.3) is 0 Å². The Balaban J connectivity index is 1.48. The summed E-state index contributed by atoms with van der Waals surface area (Å²) in [6.45, 7) is 4.98. The van der Waals surface area contributed by atoms with Crippen LogP contribution in [0.15, 0.2) is 24.3 Å². The lowest BCUT2D eigenvalue weighted by Gasteiger charge is -2.27. The smallest absolute Gasteiger partial charge is 0.00792 e. The maximum absolute atomic E-state index is 3.66. The largest absolute Gasteiger partial charge is 0.314 e. The van der Waals surface area contributed by atoms with Gasteiger partial charge in [-0.25, -0.2) is 0 Å². The van der Waals surface area contributed by atoms with E-state index in [1.54, 1.807) is 11.1 Å². The van der Waals surface area contributed by atoms with E-state index < -0.39 is 0 Å². The van der Waals surface area contributed by atoms with Crippen LogP contribution in [0, 0.1) is 0 Å².